The molecular formula is C29H34N8OS. The Morgan fingerprint density at radius 3 is 2.62 bits per heavy atom. The molecule has 2 saturated carbocycles. The predicted molar refractivity (Wildman–Crippen MR) is 152 cm³/mol. The molecule has 10 heteroatoms. The summed E-state index contributed by atoms with van der Waals surface area (Å²) in [4.78, 5) is 22.7. The molecule has 0 N–H and O–H groups in total. The van der Waals surface area contributed by atoms with Crippen LogP contribution >= 0.6 is 11.3 Å². The third kappa shape index (κ3) is 4.68. The molecule has 5 aromatic heterocycles. The second-order valence-corrected chi connectivity index (χ2v) is 12.4. The topological polar surface area (TPSA) is 96.3 Å². The number of hydrogen-bond donors (Lipinski definition) is 0. The minimum atomic E-state index is -0.131. The number of nitrogens with zero attached hydrogens (tertiary/aromatic N) is 8. The number of fused-ring (bicyclic) bond motifs is 3. The number of aromatic nitrogens is 8. The van der Waals surface area contributed by atoms with Crippen LogP contribution in [0.1, 0.15) is 80.2 Å². The maximum atomic E-state index is 13.5. The third-order valence-electron chi connectivity index (χ3n) is 8.93. The molecular weight excluding hydrogens is 508 g/mol. The molecule has 39 heavy (non-hydrogen) atoms. The lowest BCUT2D eigenvalue weighted by Crippen LogP contribution is -2.25. The van der Waals surface area contributed by atoms with Crippen LogP contribution in [-0.2, 0) is 20.0 Å². The Morgan fingerprint density at radius 1 is 1.00 bits per heavy atom. The summed E-state index contributed by atoms with van der Waals surface area (Å²) < 4.78 is 6.41. The molecule has 2 aliphatic rings. The SMILES string of the molecule is Cn1c2nc(Cc3ccccn3)sc2c2cnn(Cc3cn(C4CCC(C5CCCCC5)CC4)nn3)c(=O)c21. The second-order valence-electron chi connectivity index (χ2n) is 11.3. The van der Waals surface area contributed by atoms with E-state index in [0.29, 0.717) is 24.5 Å². The summed E-state index contributed by atoms with van der Waals surface area (Å²) in [6, 6.07) is 6.31. The minimum absolute atomic E-state index is 0.131. The lowest BCUT2D eigenvalue weighted by atomic mass is 9.72. The van der Waals surface area contributed by atoms with Crippen molar-refractivity contribution < 1.29 is 0 Å². The lowest BCUT2D eigenvalue weighted by Gasteiger charge is -2.35. The molecule has 0 bridgehead atoms. The molecule has 0 unspecified atom stereocenters. The van der Waals surface area contributed by atoms with Crippen molar-refractivity contribution in [2.45, 2.75) is 76.8 Å². The zero-order chi connectivity index (χ0) is 26.3. The van der Waals surface area contributed by atoms with E-state index < -0.39 is 0 Å². The van der Waals surface area contributed by atoms with E-state index in [-0.39, 0.29) is 5.56 Å². The van der Waals surface area contributed by atoms with Crippen molar-refractivity contribution in [2.75, 3.05) is 0 Å². The van der Waals surface area contributed by atoms with E-state index in [1.54, 1.807) is 23.7 Å². The Balaban J connectivity index is 1.07. The molecule has 0 radical (unpaired) electrons. The maximum Gasteiger partial charge on any atom is 0.291 e. The largest absolute Gasteiger partial charge is 0.323 e. The highest BCUT2D eigenvalue weighted by Crippen LogP contribution is 2.41. The fourth-order valence-electron chi connectivity index (χ4n) is 6.84. The summed E-state index contributed by atoms with van der Waals surface area (Å²) in [7, 11) is 1.90. The summed E-state index contributed by atoms with van der Waals surface area (Å²) >= 11 is 1.60. The van der Waals surface area contributed by atoms with E-state index in [2.05, 4.69) is 20.4 Å². The molecule has 2 fully saturated rings. The first-order valence-corrected chi connectivity index (χ1v) is 15.1. The van der Waals surface area contributed by atoms with Gasteiger partial charge < -0.3 is 4.57 Å². The van der Waals surface area contributed by atoms with Crippen molar-refractivity contribution in [2.24, 2.45) is 18.9 Å². The van der Waals surface area contributed by atoms with Gasteiger partial charge in [-0.2, -0.15) is 5.10 Å². The Morgan fingerprint density at radius 2 is 1.82 bits per heavy atom. The Labute approximate surface area is 230 Å². The highest BCUT2D eigenvalue weighted by atomic mass is 32.1. The van der Waals surface area contributed by atoms with Gasteiger partial charge in [-0.3, -0.25) is 9.78 Å². The number of aryl methyl sites for hydroxylation is 1. The van der Waals surface area contributed by atoms with Crippen LogP contribution in [0, 0.1) is 11.8 Å². The highest BCUT2D eigenvalue weighted by Gasteiger charge is 2.29. The molecule has 0 saturated heterocycles. The van der Waals surface area contributed by atoms with Crippen LogP contribution < -0.4 is 5.56 Å². The first-order chi connectivity index (χ1) is 19.1. The number of rotatable bonds is 6. The van der Waals surface area contributed by atoms with Gasteiger partial charge in [0.1, 0.15) is 16.2 Å². The van der Waals surface area contributed by atoms with Crippen molar-refractivity contribution in [1.29, 1.82) is 0 Å². The summed E-state index contributed by atoms with van der Waals surface area (Å²) in [6.45, 7) is 0.309. The quantitative estimate of drug-likeness (QED) is 0.290. The minimum Gasteiger partial charge on any atom is -0.323 e. The smallest absolute Gasteiger partial charge is 0.291 e. The predicted octanol–water partition coefficient (Wildman–Crippen LogP) is 5.28. The first-order valence-electron chi connectivity index (χ1n) is 14.3. The molecule has 2 aliphatic carbocycles. The van der Waals surface area contributed by atoms with Crippen molar-refractivity contribution in [3.63, 3.8) is 0 Å². The van der Waals surface area contributed by atoms with Crippen molar-refractivity contribution in [3.8, 4) is 0 Å². The van der Waals surface area contributed by atoms with E-state index in [1.165, 1.54) is 62.5 Å². The van der Waals surface area contributed by atoms with Crippen LogP contribution in [0.3, 0.4) is 0 Å². The van der Waals surface area contributed by atoms with Crippen molar-refractivity contribution in [1.82, 2.24) is 39.3 Å². The van der Waals surface area contributed by atoms with Gasteiger partial charge in [0.25, 0.3) is 5.56 Å². The number of pyridine rings is 1. The Hall–Kier alpha value is -3.40. The highest BCUT2D eigenvalue weighted by molar-refractivity contribution is 7.19. The van der Waals surface area contributed by atoms with E-state index in [1.807, 2.05) is 40.7 Å². The third-order valence-corrected chi connectivity index (χ3v) is 10.0. The van der Waals surface area contributed by atoms with E-state index in [4.69, 9.17) is 4.98 Å². The van der Waals surface area contributed by atoms with Crippen LogP contribution in [-0.4, -0.2) is 39.3 Å². The first kappa shape index (κ1) is 24.6. The second kappa shape index (κ2) is 10.3. The zero-order valence-electron chi connectivity index (χ0n) is 22.4. The van der Waals surface area contributed by atoms with Gasteiger partial charge >= 0.3 is 0 Å². The fraction of sp³-hybridized carbons (Fsp3) is 0.517. The van der Waals surface area contributed by atoms with Crippen LogP contribution in [0.2, 0.25) is 0 Å². The number of hydrogen-bond acceptors (Lipinski definition) is 7. The van der Waals surface area contributed by atoms with Gasteiger partial charge in [-0.1, -0.05) is 43.4 Å². The van der Waals surface area contributed by atoms with Gasteiger partial charge in [0.05, 0.1) is 29.7 Å². The van der Waals surface area contributed by atoms with Crippen molar-refractivity contribution >= 4 is 32.6 Å². The average Bonchev–Trinajstić information content (AvgIpc) is 3.68. The summed E-state index contributed by atoms with van der Waals surface area (Å²) in [6.07, 6.45) is 18.3. The van der Waals surface area contributed by atoms with Crippen molar-refractivity contribution in [3.05, 3.63) is 63.5 Å². The van der Waals surface area contributed by atoms with Gasteiger partial charge in [-0.05, 0) is 49.7 Å². The van der Waals surface area contributed by atoms with Crippen LogP contribution in [0.4, 0.5) is 0 Å². The molecule has 5 aromatic rings. The average molecular weight is 543 g/mol. The molecule has 0 spiro atoms. The molecule has 5 heterocycles. The van der Waals surface area contributed by atoms with E-state index in [0.717, 1.165) is 44.0 Å². The lowest BCUT2D eigenvalue weighted by molar-refractivity contribution is 0.163. The monoisotopic (exact) mass is 542 g/mol. The van der Waals surface area contributed by atoms with E-state index >= 15 is 0 Å². The Bertz CT molecular complexity index is 1650. The van der Waals surface area contributed by atoms with E-state index in [9.17, 15) is 4.79 Å². The summed E-state index contributed by atoms with van der Waals surface area (Å²) in [5, 5.41) is 15.2. The molecule has 0 amide bonds. The zero-order valence-corrected chi connectivity index (χ0v) is 23.2. The molecule has 9 nitrogen and oxygen atoms in total. The van der Waals surface area contributed by atoms with Crippen LogP contribution in [0.25, 0.3) is 21.3 Å². The van der Waals surface area contributed by atoms with Gasteiger partial charge in [-0.15, -0.1) is 16.4 Å². The molecule has 7 rings (SSSR count). The summed E-state index contributed by atoms with van der Waals surface area (Å²) in [5.41, 5.74) is 3.05. The normalized spacial score (nSPS) is 20.7. The molecule has 0 aromatic carbocycles. The Kier molecular flexibility index (Phi) is 6.50. The maximum absolute atomic E-state index is 13.5. The fourth-order valence-corrected chi connectivity index (χ4v) is 7.96. The molecule has 0 atom stereocenters. The van der Waals surface area contributed by atoms with Gasteiger partial charge in [-0.25, -0.2) is 14.3 Å². The molecule has 202 valence electrons. The number of thiazole rings is 1. The standard InChI is InChI=1S/C29H34N8OS/c1-35-26-24(27-28(35)32-25(39-27)15-21-9-5-6-14-30-21)16-31-37(29(26)38)18-22-17-36(34-33-22)23-12-10-20(11-13-23)19-7-3-2-4-8-19/h5-6,9,14,16-17,19-20,23H,2-4,7-8,10-13,15,18H2,1H3. The molecule has 0 aliphatic heterocycles. The summed E-state index contributed by atoms with van der Waals surface area (Å²) in [5.74, 6) is 1.83. The van der Waals surface area contributed by atoms with Crippen LogP contribution in [0.15, 0.2) is 41.6 Å². The van der Waals surface area contributed by atoms with Gasteiger partial charge in [0.2, 0.25) is 0 Å². The van der Waals surface area contributed by atoms with Gasteiger partial charge in [0, 0.05) is 30.7 Å². The van der Waals surface area contributed by atoms with Crippen LogP contribution in [0.5, 0.6) is 0 Å². The van der Waals surface area contributed by atoms with Gasteiger partial charge in [0.15, 0.2) is 5.65 Å².